The fraction of sp³-hybridized carbons (Fsp3) is 0.810. The number of ether oxygens (including phenoxy) is 1. The minimum Gasteiger partial charge on any atom is -0.385 e. The maximum atomic E-state index is 5.36. The van der Waals surface area contributed by atoms with Crippen LogP contribution in [-0.2, 0) is 18.3 Å². The van der Waals surface area contributed by atoms with Crippen molar-refractivity contribution in [2.24, 2.45) is 17.5 Å². The van der Waals surface area contributed by atoms with Gasteiger partial charge < -0.3 is 15.0 Å². The van der Waals surface area contributed by atoms with Crippen molar-refractivity contribution >= 4 is 5.96 Å². The van der Waals surface area contributed by atoms with Crippen molar-refractivity contribution in [2.45, 2.75) is 65.3 Å². The van der Waals surface area contributed by atoms with Crippen LogP contribution in [0.2, 0.25) is 0 Å². The van der Waals surface area contributed by atoms with Crippen LogP contribution in [0.4, 0.5) is 0 Å². The molecule has 154 valence electrons. The first-order valence-corrected chi connectivity index (χ1v) is 10.4. The SMILES string of the molecule is CCNC(=NCC1(CCOC)CCCC1)N(C)Cc1cn(C)nc1C(C)C. The van der Waals surface area contributed by atoms with E-state index in [1.54, 1.807) is 7.11 Å². The normalized spacial score (nSPS) is 16.9. The number of nitrogens with zero attached hydrogens (tertiary/aromatic N) is 4. The van der Waals surface area contributed by atoms with Gasteiger partial charge in [-0.15, -0.1) is 0 Å². The highest BCUT2D eigenvalue weighted by molar-refractivity contribution is 5.79. The van der Waals surface area contributed by atoms with Gasteiger partial charge in [-0.1, -0.05) is 26.7 Å². The number of methoxy groups -OCH3 is 1. The van der Waals surface area contributed by atoms with E-state index in [4.69, 9.17) is 9.73 Å². The molecule has 1 saturated carbocycles. The number of guanidine groups is 1. The number of aliphatic imine (C=N–C) groups is 1. The molecule has 1 aliphatic rings. The van der Waals surface area contributed by atoms with Crippen LogP contribution in [0.25, 0.3) is 0 Å². The van der Waals surface area contributed by atoms with Crippen molar-refractivity contribution in [1.82, 2.24) is 20.0 Å². The van der Waals surface area contributed by atoms with Crippen LogP contribution in [0.15, 0.2) is 11.2 Å². The highest BCUT2D eigenvalue weighted by Crippen LogP contribution is 2.41. The van der Waals surface area contributed by atoms with E-state index in [1.807, 2.05) is 11.7 Å². The molecule has 2 rings (SSSR count). The third kappa shape index (κ3) is 5.96. The maximum Gasteiger partial charge on any atom is 0.193 e. The Labute approximate surface area is 165 Å². The predicted octanol–water partition coefficient (Wildman–Crippen LogP) is 3.54. The van der Waals surface area contributed by atoms with Crippen LogP contribution < -0.4 is 5.32 Å². The van der Waals surface area contributed by atoms with Gasteiger partial charge in [0.2, 0.25) is 0 Å². The van der Waals surface area contributed by atoms with Gasteiger partial charge in [-0.25, -0.2) is 0 Å². The second-order valence-corrected chi connectivity index (χ2v) is 8.34. The molecule has 1 fully saturated rings. The lowest BCUT2D eigenvalue weighted by atomic mass is 9.83. The van der Waals surface area contributed by atoms with E-state index in [2.05, 4.69) is 49.3 Å². The van der Waals surface area contributed by atoms with Crippen molar-refractivity contribution in [1.29, 1.82) is 0 Å². The molecule has 1 aromatic rings. The van der Waals surface area contributed by atoms with Gasteiger partial charge in [-0.3, -0.25) is 9.67 Å². The molecule has 0 aliphatic heterocycles. The van der Waals surface area contributed by atoms with Gasteiger partial charge in [0.1, 0.15) is 0 Å². The highest BCUT2D eigenvalue weighted by atomic mass is 16.5. The molecule has 27 heavy (non-hydrogen) atoms. The molecule has 6 heteroatoms. The summed E-state index contributed by atoms with van der Waals surface area (Å²) in [6, 6.07) is 0. The van der Waals surface area contributed by atoms with E-state index in [9.17, 15) is 0 Å². The molecule has 0 unspecified atom stereocenters. The standard InChI is InChI=1S/C21H39N5O/c1-7-22-20(23-16-21(12-13-27-6)10-8-9-11-21)25(4)14-18-15-26(5)24-19(18)17(2)3/h15,17H,7-14,16H2,1-6H3,(H,22,23). The zero-order valence-corrected chi connectivity index (χ0v) is 18.2. The van der Waals surface area contributed by atoms with Gasteiger partial charge >= 0.3 is 0 Å². The van der Waals surface area contributed by atoms with E-state index in [0.717, 1.165) is 38.6 Å². The predicted molar refractivity (Wildman–Crippen MR) is 112 cm³/mol. The Bertz CT molecular complexity index is 602. The quantitative estimate of drug-likeness (QED) is 0.528. The Hall–Kier alpha value is -1.56. The van der Waals surface area contributed by atoms with Crippen molar-refractivity contribution in [2.75, 3.05) is 33.9 Å². The summed E-state index contributed by atoms with van der Waals surface area (Å²) in [7, 11) is 5.91. The van der Waals surface area contributed by atoms with Crippen LogP contribution in [-0.4, -0.2) is 54.5 Å². The van der Waals surface area contributed by atoms with E-state index < -0.39 is 0 Å². The van der Waals surface area contributed by atoms with E-state index >= 15 is 0 Å². The van der Waals surface area contributed by atoms with E-state index in [1.165, 1.54) is 36.9 Å². The molecule has 1 aromatic heterocycles. The molecule has 1 N–H and O–H groups in total. The monoisotopic (exact) mass is 377 g/mol. The number of hydrogen-bond donors (Lipinski definition) is 1. The van der Waals surface area contributed by atoms with Gasteiger partial charge in [0.15, 0.2) is 5.96 Å². The fourth-order valence-electron chi connectivity index (χ4n) is 4.14. The smallest absolute Gasteiger partial charge is 0.193 e. The first-order chi connectivity index (χ1) is 12.9. The molecule has 6 nitrogen and oxygen atoms in total. The largest absolute Gasteiger partial charge is 0.385 e. The Kier molecular flexibility index (Phi) is 8.14. The summed E-state index contributed by atoms with van der Waals surface area (Å²) >= 11 is 0. The highest BCUT2D eigenvalue weighted by Gasteiger charge is 2.33. The number of nitrogens with one attached hydrogen (secondary N) is 1. The van der Waals surface area contributed by atoms with Crippen LogP contribution in [0.3, 0.4) is 0 Å². The summed E-state index contributed by atoms with van der Waals surface area (Å²) in [5, 5.41) is 8.11. The number of hydrogen-bond acceptors (Lipinski definition) is 3. The fourth-order valence-corrected chi connectivity index (χ4v) is 4.14. The van der Waals surface area contributed by atoms with Crippen molar-refractivity contribution < 1.29 is 4.74 Å². The third-order valence-corrected chi connectivity index (χ3v) is 5.65. The molecule has 0 saturated heterocycles. The van der Waals surface area contributed by atoms with Gasteiger partial charge in [-0.05, 0) is 37.5 Å². The minimum absolute atomic E-state index is 0.314. The van der Waals surface area contributed by atoms with Gasteiger partial charge in [0.05, 0.1) is 5.69 Å². The summed E-state index contributed by atoms with van der Waals surface area (Å²) in [6.45, 7) is 9.93. The Morgan fingerprint density at radius 2 is 2.11 bits per heavy atom. The second kappa shape index (κ2) is 10.1. The summed E-state index contributed by atoms with van der Waals surface area (Å²) in [5.41, 5.74) is 2.76. The van der Waals surface area contributed by atoms with Crippen molar-refractivity contribution in [3.05, 3.63) is 17.5 Å². The van der Waals surface area contributed by atoms with Crippen LogP contribution >= 0.6 is 0 Å². The molecule has 0 bridgehead atoms. The van der Waals surface area contributed by atoms with Crippen LogP contribution in [0.5, 0.6) is 0 Å². The number of aryl methyl sites for hydroxylation is 1. The van der Waals surface area contributed by atoms with Crippen molar-refractivity contribution in [3.8, 4) is 0 Å². The van der Waals surface area contributed by atoms with Gasteiger partial charge in [-0.2, -0.15) is 5.10 Å². The molecule has 0 aromatic carbocycles. The average Bonchev–Trinajstić information content (AvgIpc) is 3.24. The topological polar surface area (TPSA) is 54.7 Å². The lowest BCUT2D eigenvalue weighted by Crippen LogP contribution is -2.39. The van der Waals surface area contributed by atoms with Gasteiger partial charge in [0.25, 0.3) is 0 Å². The molecule has 1 heterocycles. The molecule has 0 radical (unpaired) electrons. The maximum absolute atomic E-state index is 5.36. The number of rotatable bonds is 9. The van der Waals surface area contributed by atoms with E-state index in [-0.39, 0.29) is 0 Å². The van der Waals surface area contributed by atoms with E-state index in [0.29, 0.717) is 11.3 Å². The minimum atomic E-state index is 0.314. The molecular formula is C21H39N5O. The van der Waals surface area contributed by atoms with Crippen molar-refractivity contribution in [3.63, 3.8) is 0 Å². The second-order valence-electron chi connectivity index (χ2n) is 8.34. The first kappa shape index (κ1) is 21.7. The molecule has 1 aliphatic carbocycles. The van der Waals surface area contributed by atoms with Crippen LogP contribution in [0, 0.1) is 5.41 Å². The molecule has 0 spiro atoms. The number of aromatic nitrogens is 2. The Morgan fingerprint density at radius 3 is 2.70 bits per heavy atom. The molecule has 0 atom stereocenters. The Morgan fingerprint density at radius 1 is 1.41 bits per heavy atom. The average molecular weight is 378 g/mol. The molecule has 0 amide bonds. The Balaban J connectivity index is 2.11. The zero-order valence-electron chi connectivity index (χ0n) is 18.2. The lowest BCUT2D eigenvalue weighted by molar-refractivity contribution is 0.141. The summed E-state index contributed by atoms with van der Waals surface area (Å²) in [4.78, 5) is 7.27. The van der Waals surface area contributed by atoms with Gasteiger partial charge in [0, 0.05) is 59.2 Å². The zero-order chi connectivity index (χ0) is 19.9. The summed E-state index contributed by atoms with van der Waals surface area (Å²) in [6.07, 6.45) is 8.41. The molecular weight excluding hydrogens is 338 g/mol. The van der Waals surface area contributed by atoms with Crippen LogP contribution in [0.1, 0.15) is 70.1 Å². The summed E-state index contributed by atoms with van der Waals surface area (Å²) in [5.74, 6) is 1.41. The summed E-state index contributed by atoms with van der Waals surface area (Å²) < 4.78 is 7.28. The first-order valence-electron chi connectivity index (χ1n) is 10.4. The third-order valence-electron chi connectivity index (χ3n) is 5.65. The lowest BCUT2D eigenvalue weighted by Gasteiger charge is -2.29.